The van der Waals surface area contributed by atoms with Gasteiger partial charge in [-0.05, 0) is 43.2 Å². The summed E-state index contributed by atoms with van der Waals surface area (Å²) in [4.78, 5) is 49.0. The van der Waals surface area contributed by atoms with Crippen molar-refractivity contribution in [3.63, 3.8) is 0 Å². The average molecular weight is 444 g/mol. The highest BCUT2D eigenvalue weighted by atomic mass is 35.5. The van der Waals surface area contributed by atoms with Crippen LogP contribution in [0.15, 0.2) is 41.3 Å². The molecule has 1 heterocycles. The van der Waals surface area contributed by atoms with E-state index in [0.717, 1.165) is 0 Å². The maximum Gasteiger partial charge on any atom is 0.306 e. The monoisotopic (exact) mass is 443 g/mol. The van der Waals surface area contributed by atoms with Crippen molar-refractivity contribution in [3.05, 3.63) is 57.5 Å². The van der Waals surface area contributed by atoms with Crippen LogP contribution in [0.3, 0.4) is 0 Å². The van der Waals surface area contributed by atoms with Gasteiger partial charge in [-0.2, -0.15) is 5.26 Å². The molecular formula is C20H18ClN5O5. The normalized spacial score (nSPS) is 14.7. The van der Waals surface area contributed by atoms with Gasteiger partial charge in [0.05, 0.1) is 23.2 Å². The third-order valence-electron chi connectivity index (χ3n) is 4.91. The van der Waals surface area contributed by atoms with Crippen molar-refractivity contribution in [3.8, 4) is 6.07 Å². The van der Waals surface area contributed by atoms with E-state index in [1.165, 1.54) is 41.1 Å². The maximum atomic E-state index is 12.9. The van der Waals surface area contributed by atoms with E-state index in [4.69, 9.17) is 27.7 Å². The van der Waals surface area contributed by atoms with Gasteiger partial charge in [0.25, 0.3) is 11.5 Å². The number of pyridine rings is 1. The predicted octanol–water partition coefficient (Wildman–Crippen LogP) is 1.31. The number of carboxylic acid groups (broad SMARTS) is 1. The summed E-state index contributed by atoms with van der Waals surface area (Å²) in [5.74, 6) is -2.45. The van der Waals surface area contributed by atoms with Crippen LogP contribution in [0, 0.1) is 11.3 Å². The quantitative estimate of drug-likeness (QED) is 0.467. The number of hydrogen-bond acceptors (Lipinski definition) is 6. The largest absolute Gasteiger partial charge is 0.481 e. The second-order valence-corrected chi connectivity index (χ2v) is 7.48. The van der Waals surface area contributed by atoms with E-state index in [1.54, 1.807) is 6.07 Å². The van der Waals surface area contributed by atoms with Gasteiger partial charge >= 0.3 is 5.97 Å². The van der Waals surface area contributed by atoms with Gasteiger partial charge in [0.2, 0.25) is 5.91 Å². The van der Waals surface area contributed by atoms with Gasteiger partial charge in [-0.15, -0.1) is 0 Å². The Kier molecular flexibility index (Phi) is 5.99. The van der Waals surface area contributed by atoms with Crippen molar-refractivity contribution in [2.45, 2.75) is 30.8 Å². The first-order chi connectivity index (χ1) is 14.7. The van der Waals surface area contributed by atoms with Gasteiger partial charge in [-0.1, -0.05) is 11.6 Å². The molecule has 1 saturated carbocycles. The Morgan fingerprint density at radius 2 is 2.03 bits per heavy atom. The zero-order valence-electron chi connectivity index (χ0n) is 16.1. The molecule has 0 saturated heterocycles. The summed E-state index contributed by atoms with van der Waals surface area (Å²) >= 11 is 5.93. The first-order valence-corrected chi connectivity index (χ1v) is 9.56. The van der Waals surface area contributed by atoms with Crippen LogP contribution in [0.1, 0.15) is 29.6 Å². The molecule has 1 aliphatic rings. The van der Waals surface area contributed by atoms with Crippen molar-refractivity contribution >= 4 is 40.8 Å². The molecule has 1 unspecified atom stereocenters. The number of nitrogens with zero attached hydrogens (tertiary/aromatic N) is 2. The van der Waals surface area contributed by atoms with Crippen molar-refractivity contribution in [1.82, 2.24) is 9.88 Å². The van der Waals surface area contributed by atoms with Crippen LogP contribution in [0.5, 0.6) is 0 Å². The molecule has 10 nitrogen and oxygen atoms in total. The number of benzene rings is 1. The van der Waals surface area contributed by atoms with Crippen LogP contribution in [-0.2, 0) is 15.1 Å². The molecule has 1 aromatic carbocycles. The number of carbonyl (C=O) groups is 3. The summed E-state index contributed by atoms with van der Waals surface area (Å²) in [5, 5.41) is 23.0. The summed E-state index contributed by atoms with van der Waals surface area (Å²) in [6.45, 7) is 0. The first-order valence-electron chi connectivity index (χ1n) is 9.19. The van der Waals surface area contributed by atoms with E-state index in [-0.39, 0.29) is 16.3 Å². The molecule has 1 aromatic heterocycles. The van der Waals surface area contributed by atoms with Crippen LogP contribution in [0.4, 0.5) is 11.4 Å². The van der Waals surface area contributed by atoms with Crippen molar-refractivity contribution in [2.24, 2.45) is 0 Å². The number of aromatic nitrogens is 1. The van der Waals surface area contributed by atoms with Crippen LogP contribution in [-0.4, -0.2) is 33.5 Å². The van der Waals surface area contributed by atoms with Crippen LogP contribution >= 0.6 is 11.6 Å². The summed E-state index contributed by atoms with van der Waals surface area (Å²) in [6, 6.07) is 7.68. The number of nitrogens with two attached hydrogens (primary N) is 1. The third-order valence-corrected chi connectivity index (χ3v) is 5.23. The van der Waals surface area contributed by atoms with Gasteiger partial charge in [-0.3, -0.25) is 23.7 Å². The van der Waals surface area contributed by atoms with E-state index in [9.17, 15) is 19.2 Å². The summed E-state index contributed by atoms with van der Waals surface area (Å²) < 4.78 is 1.18. The topological polar surface area (TPSA) is 167 Å². The van der Waals surface area contributed by atoms with Gasteiger partial charge < -0.3 is 21.5 Å². The highest BCUT2D eigenvalue weighted by molar-refractivity contribution is 6.33. The fraction of sp³-hybridized carbons (Fsp3) is 0.250. The number of rotatable bonds is 7. The number of amides is 2. The maximum absolute atomic E-state index is 12.9. The Morgan fingerprint density at radius 3 is 2.61 bits per heavy atom. The van der Waals surface area contributed by atoms with Crippen molar-refractivity contribution in [2.75, 3.05) is 11.1 Å². The third kappa shape index (κ3) is 4.51. The summed E-state index contributed by atoms with van der Waals surface area (Å²) in [6.07, 6.45) is 1.50. The minimum atomic E-state index is -1.24. The zero-order chi connectivity index (χ0) is 22.8. The number of halogens is 1. The molecule has 3 rings (SSSR count). The second-order valence-electron chi connectivity index (χ2n) is 7.07. The molecule has 11 heteroatoms. The van der Waals surface area contributed by atoms with Crippen LogP contribution in [0.2, 0.25) is 5.02 Å². The predicted molar refractivity (Wildman–Crippen MR) is 112 cm³/mol. The fourth-order valence-electron chi connectivity index (χ4n) is 3.08. The standard InChI is InChI=1S/C20H18ClN5O5/c21-13-8-11(3-4-14(13)23)17(29)25-15-2-1-7-26(18(15)30)20(5-6-20)19(31)24-12(10-22)9-16(27)28/h1-4,7-8,12H,5-6,9,23H2,(H,24,31)(H,25,29)(H,27,28). The molecule has 0 bridgehead atoms. The molecule has 31 heavy (non-hydrogen) atoms. The number of carboxylic acids is 1. The molecule has 2 amide bonds. The molecule has 1 aliphatic carbocycles. The molecule has 1 atom stereocenters. The minimum Gasteiger partial charge on any atom is -0.481 e. The van der Waals surface area contributed by atoms with Gasteiger partial charge in [0, 0.05) is 11.8 Å². The van der Waals surface area contributed by atoms with E-state index in [1.807, 2.05) is 0 Å². The molecule has 0 radical (unpaired) electrons. The molecule has 160 valence electrons. The Bertz CT molecular complexity index is 1170. The van der Waals surface area contributed by atoms with Crippen molar-refractivity contribution in [1.29, 1.82) is 5.26 Å². The average Bonchev–Trinajstić information content (AvgIpc) is 3.52. The number of nitrogens with one attached hydrogen (secondary N) is 2. The van der Waals surface area contributed by atoms with E-state index < -0.39 is 41.3 Å². The zero-order valence-corrected chi connectivity index (χ0v) is 16.8. The van der Waals surface area contributed by atoms with Crippen LogP contribution in [0.25, 0.3) is 0 Å². The lowest BCUT2D eigenvalue weighted by molar-refractivity contribution is -0.137. The Hall–Kier alpha value is -3.84. The van der Waals surface area contributed by atoms with E-state index in [0.29, 0.717) is 18.5 Å². The summed E-state index contributed by atoms with van der Waals surface area (Å²) in [7, 11) is 0. The van der Waals surface area contributed by atoms with Crippen LogP contribution < -0.4 is 21.9 Å². The number of carbonyl (C=O) groups excluding carboxylic acids is 2. The molecule has 0 aliphatic heterocycles. The number of hydrogen-bond donors (Lipinski definition) is 4. The number of anilines is 2. The van der Waals surface area contributed by atoms with Gasteiger partial charge in [-0.25, -0.2) is 0 Å². The molecule has 1 fully saturated rings. The Labute approximate surface area is 181 Å². The van der Waals surface area contributed by atoms with Gasteiger partial charge in [0.15, 0.2) is 0 Å². The van der Waals surface area contributed by atoms with Crippen molar-refractivity contribution < 1.29 is 19.5 Å². The Morgan fingerprint density at radius 1 is 1.32 bits per heavy atom. The first kappa shape index (κ1) is 21.9. The fourth-order valence-corrected chi connectivity index (χ4v) is 3.26. The molecule has 5 N–H and O–H groups in total. The molecule has 0 spiro atoms. The number of nitrogen functional groups attached to an aromatic ring is 1. The lowest BCUT2D eigenvalue weighted by Crippen LogP contribution is -2.47. The number of aliphatic carboxylic acids is 1. The van der Waals surface area contributed by atoms with Gasteiger partial charge in [0.1, 0.15) is 17.3 Å². The second kappa shape index (κ2) is 8.49. The highest BCUT2D eigenvalue weighted by Gasteiger charge is 2.53. The van der Waals surface area contributed by atoms with E-state index in [2.05, 4.69) is 10.6 Å². The minimum absolute atomic E-state index is 0.0538. The smallest absolute Gasteiger partial charge is 0.306 e. The number of nitriles is 1. The highest BCUT2D eigenvalue weighted by Crippen LogP contribution is 2.43. The lowest BCUT2D eigenvalue weighted by Gasteiger charge is -2.20. The Balaban J connectivity index is 1.83. The lowest BCUT2D eigenvalue weighted by atomic mass is 10.1. The molecule has 2 aromatic rings. The summed E-state index contributed by atoms with van der Waals surface area (Å²) in [5.41, 5.74) is 4.22. The van der Waals surface area contributed by atoms with E-state index >= 15 is 0 Å². The molecular weight excluding hydrogens is 426 g/mol. The SMILES string of the molecule is N#CC(CC(=O)O)NC(=O)C1(n2cccc(NC(=O)c3ccc(N)c(Cl)c3)c2=O)CC1.